The summed E-state index contributed by atoms with van der Waals surface area (Å²) in [7, 11) is 0. The third kappa shape index (κ3) is 16.7. The lowest BCUT2D eigenvalue weighted by atomic mass is 9.77. The van der Waals surface area contributed by atoms with Crippen LogP contribution in [-0.2, 0) is 34.8 Å². The van der Waals surface area contributed by atoms with Crippen molar-refractivity contribution in [3.63, 3.8) is 0 Å². The highest BCUT2D eigenvalue weighted by Crippen LogP contribution is 2.46. The minimum atomic E-state index is -2.40. The summed E-state index contributed by atoms with van der Waals surface area (Å²) in [5, 5.41) is 165. The Bertz CT molecular complexity index is 1990. The first-order chi connectivity index (χ1) is 35.1. The van der Waals surface area contributed by atoms with Crippen molar-refractivity contribution in [2.45, 2.75) is 199 Å². The fourth-order valence-corrected chi connectivity index (χ4v) is 9.25. The van der Waals surface area contributed by atoms with Crippen LogP contribution in [0.5, 0.6) is 11.5 Å². The Morgan fingerprint density at radius 2 is 1.36 bits per heavy atom. The van der Waals surface area contributed by atoms with Gasteiger partial charge >= 0.3 is 0 Å². The lowest BCUT2D eigenvalue weighted by Gasteiger charge is -2.42. The Balaban J connectivity index is 1.51. The second-order valence-corrected chi connectivity index (χ2v) is 21.4. The standard InChI is InChI=1S/C51H86O24/c1-24(10-9-14-50(5,6)7)51(8)15-11-30-27(4)43(25(2)26(3)44(30)75-51)68-17-13-28(22-69-46(66)36(59)32(57)18-29(19-53)71-49-41(64)38(61)37(60)33(20-54)72-49)23-70-48-42(65)39(62)45(34(21-55)73-48)74-47(67)40(63)35(58)31(56)12-16-52/h24,28-29,31,33-34,37-39,41-42,45-49,52-67H,9-23H2,1-8H3/b36-32-,40-35-/t24?,28?,29?,31-,33?,34?,37-,38?,39?,41?,42?,45-,46-,47+,48-,49+,51?/m1/s1. The third-order valence-corrected chi connectivity index (χ3v) is 14.5. The van der Waals surface area contributed by atoms with Gasteiger partial charge < -0.3 is 120 Å². The molecule has 3 heterocycles. The van der Waals surface area contributed by atoms with E-state index in [9.17, 15) is 76.6 Å². The number of benzene rings is 1. The van der Waals surface area contributed by atoms with E-state index >= 15 is 0 Å². The first-order valence-electron chi connectivity index (χ1n) is 25.5. The first kappa shape index (κ1) is 64.3. The molecule has 0 spiro atoms. The van der Waals surface area contributed by atoms with E-state index in [0.29, 0.717) is 11.7 Å². The summed E-state index contributed by atoms with van der Waals surface area (Å²) in [6, 6.07) is 0. The zero-order valence-electron chi connectivity index (χ0n) is 44.3. The van der Waals surface area contributed by atoms with Crippen LogP contribution >= 0.6 is 0 Å². The molecule has 24 heteroatoms. The number of hydrogen-bond donors (Lipinski definition) is 16. The van der Waals surface area contributed by atoms with Crippen LogP contribution in [-0.4, -0.2) is 220 Å². The number of rotatable bonds is 28. The molecule has 0 aliphatic carbocycles. The van der Waals surface area contributed by atoms with E-state index in [2.05, 4.69) is 34.6 Å². The van der Waals surface area contributed by atoms with Gasteiger partial charge in [-0.05, 0) is 87.8 Å². The fourth-order valence-electron chi connectivity index (χ4n) is 9.25. The number of aliphatic hydroxyl groups is 16. The van der Waals surface area contributed by atoms with Crippen LogP contribution in [0.25, 0.3) is 0 Å². The van der Waals surface area contributed by atoms with Crippen molar-refractivity contribution in [2.75, 3.05) is 46.2 Å². The predicted molar refractivity (Wildman–Crippen MR) is 263 cm³/mol. The highest BCUT2D eigenvalue weighted by atomic mass is 16.7. The van der Waals surface area contributed by atoms with Gasteiger partial charge in [-0.3, -0.25) is 0 Å². The maximum Gasteiger partial charge on any atom is 0.218 e. The molecule has 0 bridgehead atoms. The van der Waals surface area contributed by atoms with Crippen molar-refractivity contribution in [3.8, 4) is 11.5 Å². The Morgan fingerprint density at radius 1 is 0.720 bits per heavy atom. The molecule has 10 unspecified atom stereocenters. The quantitative estimate of drug-likeness (QED) is 0.0399. The van der Waals surface area contributed by atoms with Gasteiger partial charge in [0.15, 0.2) is 29.9 Å². The van der Waals surface area contributed by atoms with Crippen LogP contribution in [0, 0.1) is 38.0 Å². The minimum absolute atomic E-state index is 0.0118. The average molecular weight is 1080 g/mol. The monoisotopic (exact) mass is 1080 g/mol. The minimum Gasteiger partial charge on any atom is -0.509 e. The molecule has 434 valence electrons. The van der Waals surface area contributed by atoms with Crippen molar-refractivity contribution >= 4 is 0 Å². The summed E-state index contributed by atoms with van der Waals surface area (Å²) < 4.78 is 46.5. The molecule has 0 radical (unpaired) electrons. The summed E-state index contributed by atoms with van der Waals surface area (Å²) in [6.45, 7) is 13.1. The van der Waals surface area contributed by atoms with E-state index in [1.165, 1.54) is 0 Å². The van der Waals surface area contributed by atoms with E-state index in [-0.39, 0.29) is 30.7 Å². The normalized spacial score (nSPS) is 30.5. The van der Waals surface area contributed by atoms with E-state index < -0.39 is 161 Å². The van der Waals surface area contributed by atoms with E-state index in [1.54, 1.807) is 0 Å². The van der Waals surface area contributed by atoms with Crippen LogP contribution in [0.3, 0.4) is 0 Å². The summed E-state index contributed by atoms with van der Waals surface area (Å²) >= 11 is 0. The zero-order valence-corrected chi connectivity index (χ0v) is 44.3. The summed E-state index contributed by atoms with van der Waals surface area (Å²) in [5.41, 5.74) is 3.56. The van der Waals surface area contributed by atoms with Gasteiger partial charge in [-0.1, -0.05) is 34.1 Å². The summed E-state index contributed by atoms with van der Waals surface area (Å²) in [6.07, 6.45) is -21.4. The Kier molecular flexibility index (Phi) is 24.5. The van der Waals surface area contributed by atoms with Gasteiger partial charge in [-0.2, -0.15) is 0 Å². The summed E-state index contributed by atoms with van der Waals surface area (Å²) in [5.74, 6) is -3.49. The van der Waals surface area contributed by atoms with E-state index in [4.69, 9.17) is 43.0 Å². The largest absolute Gasteiger partial charge is 0.509 e. The zero-order chi connectivity index (χ0) is 56.3. The van der Waals surface area contributed by atoms with Gasteiger partial charge in [0.05, 0.1) is 45.7 Å². The lowest BCUT2D eigenvalue weighted by Crippen LogP contribution is -2.61. The molecule has 17 atom stereocenters. The molecule has 1 aromatic carbocycles. The molecule has 0 aromatic heterocycles. The van der Waals surface area contributed by atoms with Crippen LogP contribution in [0.15, 0.2) is 23.0 Å². The van der Waals surface area contributed by atoms with Crippen molar-refractivity contribution in [1.29, 1.82) is 0 Å². The maximum absolute atomic E-state index is 11.1. The second-order valence-electron chi connectivity index (χ2n) is 21.4. The van der Waals surface area contributed by atoms with Gasteiger partial charge in [0.25, 0.3) is 0 Å². The molecule has 3 aliphatic rings. The number of ether oxygens (including phenoxy) is 8. The molecule has 4 rings (SSSR count). The van der Waals surface area contributed by atoms with Crippen molar-refractivity contribution < 1.29 is 120 Å². The first-order valence-corrected chi connectivity index (χ1v) is 25.5. The molecule has 2 saturated heterocycles. The van der Waals surface area contributed by atoms with Gasteiger partial charge in [0.2, 0.25) is 12.6 Å². The highest BCUT2D eigenvalue weighted by Gasteiger charge is 2.48. The molecule has 2 fully saturated rings. The molecular weight excluding hydrogens is 997 g/mol. The van der Waals surface area contributed by atoms with Crippen molar-refractivity contribution in [2.24, 2.45) is 17.3 Å². The van der Waals surface area contributed by atoms with Gasteiger partial charge in [0.1, 0.15) is 77.8 Å². The number of fused-ring (bicyclic) bond motifs is 1. The molecule has 1 aromatic rings. The van der Waals surface area contributed by atoms with Gasteiger partial charge in [-0.15, -0.1) is 0 Å². The van der Waals surface area contributed by atoms with Crippen LogP contribution in [0.4, 0.5) is 0 Å². The van der Waals surface area contributed by atoms with Crippen LogP contribution < -0.4 is 9.47 Å². The van der Waals surface area contributed by atoms with Gasteiger partial charge in [0, 0.05) is 30.9 Å². The number of hydrogen-bond acceptors (Lipinski definition) is 24. The Morgan fingerprint density at radius 3 is 1.97 bits per heavy atom. The van der Waals surface area contributed by atoms with E-state index in [1.807, 2.05) is 20.8 Å². The predicted octanol–water partition coefficient (Wildman–Crippen LogP) is 0.393. The van der Waals surface area contributed by atoms with E-state index in [0.717, 1.165) is 60.1 Å². The van der Waals surface area contributed by atoms with Crippen LogP contribution in [0.1, 0.15) is 102 Å². The fraction of sp³-hybridized carbons (Fsp3) is 0.804. The molecule has 24 nitrogen and oxygen atoms in total. The molecule has 3 aliphatic heterocycles. The molecule has 0 saturated carbocycles. The van der Waals surface area contributed by atoms with Crippen molar-refractivity contribution in [3.05, 3.63) is 45.3 Å². The Hall–Kier alpha value is -3.22. The molecule has 75 heavy (non-hydrogen) atoms. The lowest BCUT2D eigenvalue weighted by molar-refractivity contribution is -0.324. The third-order valence-electron chi connectivity index (χ3n) is 14.5. The molecule has 0 amide bonds. The maximum atomic E-state index is 11.1. The Labute approximate surface area is 437 Å². The summed E-state index contributed by atoms with van der Waals surface area (Å²) in [4.78, 5) is 0. The van der Waals surface area contributed by atoms with Crippen LogP contribution in [0.2, 0.25) is 0 Å². The number of aliphatic hydroxyl groups excluding tert-OH is 16. The molecule has 16 N–H and O–H groups in total. The SMILES string of the molecule is Cc1c(C)c2c(c(C)c1OCCC(CO[C@@H]1OC(CO)[C@@H](O[C@H](O)/C(O)=C(/O)[C@H](O)CCO)C(O)C1O)CO[C@@H](O)/C(O)=C(/O)CC(CO)O[C@H]1OC(CO)[C@@H](O)C(O)C1O)CCC(C)(C(C)CCCC(C)(C)C)O2. The molecular formula is C51H86O24. The average Bonchev–Trinajstić information content (AvgIpc) is 3.37. The topological polar surface area (TPSA) is 398 Å². The highest BCUT2D eigenvalue weighted by molar-refractivity contribution is 5.59. The smallest absolute Gasteiger partial charge is 0.218 e. The van der Waals surface area contributed by atoms with Gasteiger partial charge in [-0.25, -0.2) is 0 Å². The van der Waals surface area contributed by atoms with Crippen molar-refractivity contribution in [1.82, 2.24) is 0 Å². The second kappa shape index (κ2) is 28.6.